The largest absolute Gasteiger partial charge is 0.495 e. The van der Waals surface area contributed by atoms with Gasteiger partial charge in [-0.25, -0.2) is 13.2 Å². The van der Waals surface area contributed by atoms with Crippen LogP contribution in [0.4, 0.5) is 5.69 Å². The molecule has 2 aromatic rings. The van der Waals surface area contributed by atoms with Crippen molar-refractivity contribution in [3.63, 3.8) is 0 Å². The van der Waals surface area contributed by atoms with Gasteiger partial charge < -0.3 is 19.5 Å². The number of carbonyl (C=O) groups excluding carboxylic acids is 2. The van der Waals surface area contributed by atoms with Crippen molar-refractivity contribution in [2.24, 2.45) is 0 Å². The summed E-state index contributed by atoms with van der Waals surface area (Å²) in [5.74, 6) is -1.04. The molecule has 9 nitrogen and oxygen atoms in total. The fourth-order valence-electron chi connectivity index (χ4n) is 3.52. The van der Waals surface area contributed by atoms with Crippen molar-refractivity contribution < 1.29 is 32.2 Å². The summed E-state index contributed by atoms with van der Waals surface area (Å²) in [6.45, 7) is 0.808. The second-order valence-corrected chi connectivity index (χ2v) is 9.49. The summed E-state index contributed by atoms with van der Waals surface area (Å²) in [5, 5.41) is 2.57. The van der Waals surface area contributed by atoms with Gasteiger partial charge in [0.25, 0.3) is 5.91 Å². The Morgan fingerprint density at radius 1 is 1.00 bits per heavy atom. The number of benzene rings is 2. The van der Waals surface area contributed by atoms with Gasteiger partial charge in [-0.05, 0) is 48.7 Å². The van der Waals surface area contributed by atoms with Crippen LogP contribution in [-0.2, 0) is 30.9 Å². The number of esters is 1. The minimum atomic E-state index is -3.77. The highest BCUT2D eigenvalue weighted by molar-refractivity contribution is 7.89. The average Bonchev–Trinajstić information content (AvgIpc) is 2.83. The van der Waals surface area contributed by atoms with Crippen LogP contribution in [0.2, 0.25) is 0 Å². The van der Waals surface area contributed by atoms with Gasteiger partial charge in [0, 0.05) is 25.9 Å². The van der Waals surface area contributed by atoms with Crippen molar-refractivity contribution in [2.75, 3.05) is 39.2 Å². The molecule has 1 heterocycles. The molecule has 0 saturated carbocycles. The maximum Gasteiger partial charge on any atom is 0.338 e. The SMILES string of the molecule is COCc1ccc(C(=O)OCC(=O)Nc2ccc(OC)c(S(=O)(=O)N3CCCCC3)c2)cc1. The molecule has 0 radical (unpaired) electrons. The van der Waals surface area contributed by atoms with Crippen LogP contribution in [0.5, 0.6) is 5.75 Å². The number of hydrogen-bond donors (Lipinski definition) is 1. The number of carbonyl (C=O) groups is 2. The molecule has 2 aromatic carbocycles. The van der Waals surface area contributed by atoms with Crippen molar-refractivity contribution in [3.05, 3.63) is 53.6 Å². The van der Waals surface area contributed by atoms with Crippen LogP contribution in [0.1, 0.15) is 35.2 Å². The van der Waals surface area contributed by atoms with E-state index in [9.17, 15) is 18.0 Å². The number of methoxy groups -OCH3 is 2. The summed E-state index contributed by atoms with van der Waals surface area (Å²) in [5.41, 5.74) is 1.47. The van der Waals surface area contributed by atoms with Gasteiger partial charge in [0.05, 0.1) is 19.3 Å². The zero-order chi connectivity index (χ0) is 23.8. The van der Waals surface area contributed by atoms with Gasteiger partial charge in [-0.2, -0.15) is 4.31 Å². The van der Waals surface area contributed by atoms with Crippen molar-refractivity contribution in [1.82, 2.24) is 4.31 Å². The van der Waals surface area contributed by atoms with E-state index >= 15 is 0 Å². The number of sulfonamides is 1. The first-order valence-electron chi connectivity index (χ1n) is 10.6. The first kappa shape index (κ1) is 24.7. The highest BCUT2D eigenvalue weighted by Gasteiger charge is 2.29. The highest BCUT2D eigenvalue weighted by Crippen LogP contribution is 2.31. The maximum absolute atomic E-state index is 13.1. The molecule has 1 aliphatic heterocycles. The summed E-state index contributed by atoms with van der Waals surface area (Å²) in [6.07, 6.45) is 2.60. The van der Waals surface area contributed by atoms with E-state index in [0.29, 0.717) is 25.3 Å². The van der Waals surface area contributed by atoms with Gasteiger partial charge in [-0.1, -0.05) is 18.6 Å². The van der Waals surface area contributed by atoms with E-state index in [0.717, 1.165) is 24.8 Å². The predicted molar refractivity (Wildman–Crippen MR) is 122 cm³/mol. The number of nitrogens with zero attached hydrogens (tertiary/aromatic N) is 1. The Bertz CT molecular complexity index is 1080. The molecule has 1 saturated heterocycles. The summed E-state index contributed by atoms with van der Waals surface area (Å²) in [6, 6.07) is 11.0. The van der Waals surface area contributed by atoms with E-state index in [-0.39, 0.29) is 16.3 Å². The lowest BCUT2D eigenvalue weighted by atomic mass is 10.1. The van der Waals surface area contributed by atoms with Gasteiger partial charge in [0.2, 0.25) is 10.0 Å². The molecule has 1 N–H and O–H groups in total. The van der Waals surface area contributed by atoms with E-state index in [1.54, 1.807) is 31.4 Å². The number of hydrogen-bond acceptors (Lipinski definition) is 7. The topological polar surface area (TPSA) is 111 Å². The normalized spacial score (nSPS) is 14.5. The van der Waals surface area contributed by atoms with E-state index < -0.39 is 28.5 Å². The van der Waals surface area contributed by atoms with Crippen LogP contribution < -0.4 is 10.1 Å². The zero-order valence-electron chi connectivity index (χ0n) is 18.7. The molecule has 33 heavy (non-hydrogen) atoms. The first-order valence-corrected chi connectivity index (χ1v) is 12.0. The molecule has 0 aliphatic carbocycles. The van der Waals surface area contributed by atoms with E-state index in [4.69, 9.17) is 14.2 Å². The molecule has 1 aliphatic rings. The van der Waals surface area contributed by atoms with Crippen LogP contribution in [0.15, 0.2) is 47.4 Å². The van der Waals surface area contributed by atoms with Crippen LogP contribution in [0, 0.1) is 0 Å². The monoisotopic (exact) mass is 476 g/mol. The Morgan fingerprint density at radius 3 is 2.33 bits per heavy atom. The fraction of sp³-hybridized carbons (Fsp3) is 0.391. The number of piperidine rings is 1. The molecule has 0 aromatic heterocycles. The molecule has 1 amide bonds. The highest BCUT2D eigenvalue weighted by atomic mass is 32.2. The predicted octanol–water partition coefficient (Wildman–Crippen LogP) is 2.81. The summed E-state index contributed by atoms with van der Waals surface area (Å²) < 4.78 is 43.0. The first-order chi connectivity index (χ1) is 15.8. The van der Waals surface area contributed by atoms with E-state index in [2.05, 4.69) is 5.32 Å². The second-order valence-electron chi connectivity index (χ2n) is 7.58. The lowest BCUT2D eigenvalue weighted by Crippen LogP contribution is -2.35. The van der Waals surface area contributed by atoms with Gasteiger partial charge in [0.1, 0.15) is 10.6 Å². The maximum atomic E-state index is 13.1. The summed E-state index contributed by atoms with van der Waals surface area (Å²) >= 11 is 0. The molecule has 0 atom stereocenters. The molecule has 1 fully saturated rings. The second kappa shape index (κ2) is 11.3. The molecule has 178 valence electrons. The summed E-state index contributed by atoms with van der Waals surface area (Å²) in [4.78, 5) is 24.5. The van der Waals surface area contributed by atoms with Gasteiger partial charge in [-0.3, -0.25) is 4.79 Å². The summed E-state index contributed by atoms with van der Waals surface area (Å²) in [7, 11) is -0.798. The van der Waals surface area contributed by atoms with E-state index in [1.807, 2.05) is 0 Å². The molecular formula is C23H28N2O7S. The minimum absolute atomic E-state index is 0.0159. The lowest BCUT2D eigenvalue weighted by Gasteiger charge is -2.26. The standard InChI is InChI=1S/C23H28N2O7S/c1-30-15-17-6-8-18(9-7-17)23(27)32-16-22(26)24-19-10-11-20(31-2)21(14-19)33(28,29)25-12-4-3-5-13-25/h6-11,14H,3-5,12-13,15-16H2,1-2H3,(H,24,26). The minimum Gasteiger partial charge on any atom is -0.495 e. The molecule has 3 rings (SSSR count). The third-order valence-corrected chi connectivity index (χ3v) is 7.14. The number of rotatable bonds is 9. The van der Waals surface area contributed by atoms with Crippen molar-refractivity contribution in [1.29, 1.82) is 0 Å². The quantitative estimate of drug-likeness (QED) is 0.554. The molecule has 0 bridgehead atoms. The van der Waals surface area contributed by atoms with Gasteiger partial charge in [-0.15, -0.1) is 0 Å². The molecular weight excluding hydrogens is 448 g/mol. The number of ether oxygens (including phenoxy) is 3. The number of anilines is 1. The average molecular weight is 477 g/mol. The number of nitrogens with one attached hydrogen (secondary N) is 1. The Kier molecular flexibility index (Phi) is 8.43. The fourth-order valence-corrected chi connectivity index (χ4v) is 5.21. The Morgan fingerprint density at radius 2 is 1.70 bits per heavy atom. The zero-order valence-corrected chi connectivity index (χ0v) is 19.5. The van der Waals surface area contributed by atoms with Crippen molar-refractivity contribution >= 4 is 27.6 Å². The number of amides is 1. The van der Waals surface area contributed by atoms with Crippen LogP contribution in [0.3, 0.4) is 0 Å². The molecule has 0 spiro atoms. The van der Waals surface area contributed by atoms with Crippen LogP contribution >= 0.6 is 0 Å². The Labute approximate surface area is 193 Å². The van der Waals surface area contributed by atoms with Crippen molar-refractivity contribution in [2.45, 2.75) is 30.8 Å². The third-order valence-electron chi connectivity index (χ3n) is 5.22. The van der Waals surface area contributed by atoms with Crippen molar-refractivity contribution in [3.8, 4) is 5.75 Å². The Hall–Kier alpha value is -2.95. The van der Waals surface area contributed by atoms with E-state index in [1.165, 1.54) is 29.6 Å². The third kappa shape index (κ3) is 6.31. The van der Waals surface area contributed by atoms with Gasteiger partial charge >= 0.3 is 5.97 Å². The molecule has 0 unspecified atom stereocenters. The van der Waals surface area contributed by atoms with Gasteiger partial charge in [0.15, 0.2) is 6.61 Å². The smallest absolute Gasteiger partial charge is 0.338 e. The van der Waals surface area contributed by atoms with Crippen LogP contribution in [-0.4, -0.2) is 58.5 Å². The lowest BCUT2D eigenvalue weighted by molar-refractivity contribution is -0.119. The Balaban J connectivity index is 1.64. The van der Waals surface area contributed by atoms with Crippen LogP contribution in [0.25, 0.3) is 0 Å². The molecule has 10 heteroatoms.